The highest BCUT2D eigenvalue weighted by molar-refractivity contribution is 5.87. The van der Waals surface area contributed by atoms with Gasteiger partial charge in [-0.1, -0.05) is 30.3 Å². The predicted octanol–water partition coefficient (Wildman–Crippen LogP) is 2.27. The van der Waals surface area contributed by atoms with Crippen LogP contribution < -0.4 is 11.1 Å². The van der Waals surface area contributed by atoms with Crippen LogP contribution in [0.5, 0.6) is 0 Å². The third-order valence-corrected chi connectivity index (χ3v) is 4.44. The third-order valence-electron chi connectivity index (χ3n) is 4.44. The van der Waals surface area contributed by atoms with Gasteiger partial charge in [-0.05, 0) is 39.2 Å². The molecule has 22 heavy (non-hydrogen) atoms. The van der Waals surface area contributed by atoms with Crippen LogP contribution in [0.2, 0.25) is 0 Å². The first kappa shape index (κ1) is 18.9. The number of hydrogen-bond donors (Lipinski definition) is 2. The summed E-state index contributed by atoms with van der Waals surface area (Å²) < 4.78 is 0. The van der Waals surface area contributed by atoms with Gasteiger partial charge in [0, 0.05) is 25.2 Å². The Hall–Kier alpha value is -1.10. The monoisotopic (exact) mass is 325 g/mol. The molecule has 0 bridgehead atoms. The van der Waals surface area contributed by atoms with Crippen molar-refractivity contribution in [1.82, 2.24) is 10.2 Å². The number of benzene rings is 1. The molecule has 1 heterocycles. The van der Waals surface area contributed by atoms with Gasteiger partial charge >= 0.3 is 0 Å². The molecule has 2 rings (SSSR count). The number of nitrogens with two attached hydrogens (primary N) is 1. The molecule has 124 valence electrons. The Morgan fingerprint density at radius 3 is 2.32 bits per heavy atom. The molecule has 1 fully saturated rings. The smallest absolute Gasteiger partial charge is 0.244 e. The highest BCUT2D eigenvalue weighted by atomic mass is 35.5. The maximum absolute atomic E-state index is 12.5. The van der Waals surface area contributed by atoms with Crippen molar-refractivity contribution in [2.24, 2.45) is 5.73 Å². The van der Waals surface area contributed by atoms with E-state index in [-0.39, 0.29) is 24.4 Å². The van der Waals surface area contributed by atoms with E-state index in [1.54, 1.807) is 6.92 Å². The molecule has 1 aliphatic heterocycles. The summed E-state index contributed by atoms with van der Waals surface area (Å²) in [5, 5.41) is 3.13. The molecular formula is C17H28ClN3O. The minimum Gasteiger partial charge on any atom is -0.351 e. The second-order valence-electron chi connectivity index (χ2n) is 6.45. The van der Waals surface area contributed by atoms with Gasteiger partial charge in [-0.25, -0.2) is 0 Å². The van der Waals surface area contributed by atoms with Crippen LogP contribution in [0.15, 0.2) is 30.3 Å². The molecule has 1 aliphatic rings. The standard InChI is InChI=1S/C17H27N3O.ClH/c1-13(2)20-11-9-15(10-12-20)19-16(21)17(3,18)14-7-5-4-6-8-14;/h4-8,13,15H,9-12,18H2,1-3H3,(H,19,21);1H. The summed E-state index contributed by atoms with van der Waals surface area (Å²) in [4.78, 5) is 14.9. The van der Waals surface area contributed by atoms with Crippen LogP contribution >= 0.6 is 12.4 Å². The Balaban J connectivity index is 0.00000242. The lowest BCUT2D eigenvalue weighted by Gasteiger charge is -2.36. The van der Waals surface area contributed by atoms with Crippen molar-refractivity contribution in [2.45, 2.75) is 51.2 Å². The summed E-state index contributed by atoms with van der Waals surface area (Å²) in [6.07, 6.45) is 1.99. The minimum absolute atomic E-state index is 0. The van der Waals surface area contributed by atoms with E-state index in [0.29, 0.717) is 6.04 Å². The van der Waals surface area contributed by atoms with Crippen molar-refractivity contribution in [3.63, 3.8) is 0 Å². The van der Waals surface area contributed by atoms with Crippen molar-refractivity contribution in [3.05, 3.63) is 35.9 Å². The zero-order chi connectivity index (χ0) is 15.5. The number of piperidine rings is 1. The highest BCUT2D eigenvalue weighted by Gasteiger charge is 2.32. The van der Waals surface area contributed by atoms with Crippen molar-refractivity contribution in [2.75, 3.05) is 13.1 Å². The molecule has 1 unspecified atom stereocenters. The molecule has 0 aliphatic carbocycles. The van der Waals surface area contributed by atoms with Crippen LogP contribution in [-0.2, 0) is 10.3 Å². The van der Waals surface area contributed by atoms with Gasteiger partial charge in [0.25, 0.3) is 0 Å². The van der Waals surface area contributed by atoms with E-state index in [0.717, 1.165) is 31.5 Å². The number of nitrogens with zero attached hydrogens (tertiary/aromatic N) is 1. The molecule has 0 saturated carbocycles. The first-order valence-electron chi connectivity index (χ1n) is 7.80. The van der Waals surface area contributed by atoms with Crippen LogP contribution in [0, 0.1) is 0 Å². The fourth-order valence-corrected chi connectivity index (χ4v) is 2.81. The van der Waals surface area contributed by atoms with Gasteiger partial charge in [0.05, 0.1) is 0 Å². The Labute approximate surface area is 139 Å². The van der Waals surface area contributed by atoms with Crippen LogP contribution in [0.25, 0.3) is 0 Å². The molecule has 1 aromatic rings. The summed E-state index contributed by atoms with van der Waals surface area (Å²) in [5.74, 6) is -0.0864. The molecule has 0 spiro atoms. The molecule has 1 atom stereocenters. The summed E-state index contributed by atoms with van der Waals surface area (Å²) in [5.41, 5.74) is 6.13. The van der Waals surface area contributed by atoms with Gasteiger partial charge in [0.2, 0.25) is 5.91 Å². The van der Waals surface area contributed by atoms with E-state index in [4.69, 9.17) is 5.73 Å². The molecule has 5 heteroatoms. The maximum Gasteiger partial charge on any atom is 0.244 e. The maximum atomic E-state index is 12.5. The SMILES string of the molecule is CC(C)N1CCC(NC(=O)C(C)(N)c2ccccc2)CC1.Cl. The molecule has 0 aromatic heterocycles. The first-order chi connectivity index (χ1) is 9.91. The minimum atomic E-state index is -0.976. The zero-order valence-corrected chi connectivity index (χ0v) is 14.5. The van der Waals surface area contributed by atoms with Crippen LogP contribution in [0.4, 0.5) is 0 Å². The largest absolute Gasteiger partial charge is 0.351 e. The summed E-state index contributed by atoms with van der Waals surface area (Å²) in [6.45, 7) is 8.28. The first-order valence-corrected chi connectivity index (χ1v) is 7.80. The van der Waals surface area contributed by atoms with E-state index in [9.17, 15) is 4.79 Å². The molecule has 1 saturated heterocycles. The Kier molecular flexibility index (Phi) is 6.85. The van der Waals surface area contributed by atoms with Gasteiger partial charge in [0.1, 0.15) is 5.54 Å². The quantitative estimate of drug-likeness (QED) is 0.893. The van der Waals surface area contributed by atoms with Gasteiger partial charge < -0.3 is 16.0 Å². The predicted molar refractivity (Wildman–Crippen MR) is 93.1 cm³/mol. The lowest BCUT2D eigenvalue weighted by molar-refractivity contribution is -0.127. The molecular weight excluding hydrogens is 298 g/mol. The van der Waals surface area contributed by atoms with Crippen LogP contribution in [0.1, 0.15) is 39.2 Å². The van der Waals surface area contributed by atoms with Gasteiger partial charge in [-0.15, -0.1) is 12.4 Å². The normalized spacial score (nSPS) is 19.3. The van der Waals surface area contributed by atoms with Crippen molar-refractivity contribution < 1.29 is 4.79 Å². The Bertz CT molecular complexity index is 468. The molecule has 3 N–H and O–H groups in total. The molecule has 0 radical (unpaired) electrons. The number of halogens is 1. The highest BCUT2D eigenvalue weighted by Crippen LogP contribution is 2.19. The van der Waals surface area contributed by atoms with Crippen molar-refractivity contribution >= 4 is 18.3 Å². The molecule has 4 nitrogen and oxygen atoms in total. The third kappa shape index (κ3) is 4.45. The lowest BCUT2D eigenvalue weighted by Crippen LogP contribution is -2.54. The van der Waals surface area contributed by atoms with Gasteiger partial charge in [-0.3, -0.25) is 4.79 Å². The lowest BCUT2D eigenvalue weighted by atomic mass is 9.91. The number of carbonyl (C=O) groups is 1. The van der Waals surface area contributed by atoms with E-state index in [1.165, 1.54) is 0 Å². The zero-order valence-electron chi connectivity index (χ0n) is 13.7. The fraction of sp³-hybridized carbons (Fsp3) is 0.588. The summed E-state index contributed by atoms with van der Waals surface area (Å²) >= 11 is 0. The van der Waals surface area contributed by atoms with E-state index >= 15 is 0 Å². The number of likely N-dealkylation sites (tertiary alicyclic amines) is 1. The number of amides is 1. The van der Waals surface area contributed by atoms with E-state index < -0.39 is 5.54 Å². The molecule has 1 aromatic carbocycles. The number of hydrogen-bond acceptors (Lipinski definition) is 3. The molecule has 1 amide bonds. The number of nitrogens with one attached hydrogen (secondary N) is 1. The van der Waals surface area contributed by atoms with Gasteiger partial charge in [-0.2, -0.15) is 0 Å². The second kappa shape index (κ2) is 7.95. The summed E-state index contributed by atoms with van der Waals surface area (Å²) in [6, 6.07) is 10.4. The van der Waals surface area contributed by atoms with E-state index in [2.05, 4.69) is 24.1 Å². The number of rotatable bonds is 4. The topological polar surface area (TPSA) is 58.4 Å². The number of carbonyl (C=O) groups excluding carboxylic acids is 1. The van der Waals surface area contributed by atoms with Gasteiger partial charge in [0.15, 0.2) is 0 Å². The van der Waals surface area contributed by atoms with Crippen molar-refractivity contribution in [3.8, 4) is 0 Å². The fourth-order valence-electron chi connectivity index (χ4n) is 2.81. The van der Waals surface area contributed by atoms with Crippen LogP contribution in [-0.4, -0.2) is 36.0 Å². The van der Waals surface area contributed by atoms with Crippen LogP contribution in [0.3, 0.4) is 0 Å². The second-order valence-corrected chi connectivity index (χ2v) is 6.45. The van der Waals surface area contributed by atoms with Crippen molar-refractivity contribution in [1.29, 1.82) is 0 Å². The summed E-state index contributed by atoms with van der Waals surface area (Å²) in [7, 11) is 0. The average Bonchev–Trinajstić information content (AvgIpc) is 2.48. The Morgan fingerprint density at radius 2 is 1.82 bits per heavy atom. The van der Waals surface area contributed by atoms with E-state index in [1.807, 2.05) is 30.3 Å². The average molecular weight is 326 g/mol. The Morgan fingerprint density at radius 1 is 1.27 bits per heavy atom.